The summed E-state index contributed by atoms with van der Waals surface area (Å²) in [5, 5.41) is 24.0. The summed E-state index contributed by atoms with van der Waals surface area (Å²) in [6.07, 6.45) is -3.06. The molecule has 0 spiro atoms. The first-order valence-electron chi connectivity index (χ1n) is 10.7. The van der Waals surface area contributed by atoms with Gasteiger partial charge in [0, 0.05) is 24.3 Å². The van der Waals surface area contributed by atoms with Gasteiger partial charge >= 0.3 is 5.63 Å². The third-order valence-corrected chi connectivity index (χ3v) is 5.79. The molecule has 0 bridgehead atoms. The van der Waals surface area contributed by atoms with Crippen molar-refractivity contribution in [1.82, 2.24) is 4.98 Å². The summed E-state index contributed by atoms with van der Waals surface area (Å²) in [7, 11) is 1.43. The SMILES string of the molecule is CO[C@@H]1[C@@H](O)[C@H](O)[C@H](Oc2ccc3cc(NC(=O)c4ccccn4)c(=O)oc3c2C)OC1(C)C. The summed E-state index contributed by atoms with van der Waals surface area (Å²) in [5.74, 6) is -0.244. The third kappa shape index (κ3) is 4.40. The van der Waals surface area contributed by atoms with Crippen LogP contribution in [-0.4, -0.2) is 58.4 Å². The molecule has 1 aliphatic heterocycles. The van der Waals surface area contributed by atoms with Crippen molar-refractivity contribution in [2.24, 2.45) is 0 Å². The van der Waals surface area contributed by atoms with E-state index < -0.39 is 41.7 Å². The number of carbonyl (C=O) groups excluding carboxylic acids is 1. The fourth-order valence-electron chi connectivity index (χ4n) is 4.03. The van der Waals surface area contributed by atoms with Gasteiger partial charge in [0.15, 0.2) is 0 Å². The third-order valence-electron chi connectivity index (χ3n) is 5.79. The molecule has 1 saturated heterocycles. The maximum absolute atomic E-state index is 12.5. The fraction of sp³-hybridized carbons (Fsp3) is 0.375. The van der Waals surface area contributed by atoms with Crippen LogP contribution in [0.25, 0.3) is 11.0 Å². The number of hydrogen-bond acceptors (Lipinski definition) is 9. The predicted molar refractivity (Wildman–Crippen MR) is 122 cm³/mol. The van der Waals surface area contributed by atoms with Crippen LogP contribution in [0.3, 0.4) is 0 Å². The second-order valence-corrected chi connectivity index (χ2v) is 8.57. The van der Waals surface area contributed by atoms with E-state index in [1.807, 2.05) is 0 Å². The number of aliphatic hydroxyl groups is 2. The molecule has 1 fully saturated rings. The highest BCUT2D eigenvalue weighted by Gasteiger charge is 2.50. The van der Waals surface area contributed by atoms with Crippen LogP contribution >= 0.6 is 0 Å². The van der Waals surface area contributed by atoms with E-state index in [-0.39, 0.29) is 17.0 Å². The number of aliphatic hydroxyl groups excluding tert-OH is 2. The summed E-state index contributed by atoms with van der Waals surface area (Å²) in [5.41, 5.74) is -0.819. The van der Waals surface area contributed by atoms with E-state index in [4.69, 9.17) is 18.6 Å². The second kappa shape index (κ2) is 9.15. The van der Waals surface area contributed by atoms with Crippen LogP contribution < -0.4 is 15.7 Å². The Kier molecular flexibility index (Phi) is 6.41. The fourth-order valence-corrected chi connectivity index (χ4v) is 4.03. The number of pyridine rings is 1. The van der Waals surface area contributed by atoms with Crippen molar-refractivity contribution in [3.8, 4) is 5.75 Å². The van der Waals surface area contributed by atoms with E-state index in [2.05, 4.69) is 10.3 Å². The van der Waals surface area contributed by atoms with Crippen molar-refractivity contribution in [3.63, 3.8) is 0 Å². The highest BCUT2D eigenvalue weighted by atomic mass is 16.7. The molecular weight excluding hydrogens is 444 g/mol. The lowest BCUT2D eigenvalue weighted by atomic mass is 9.89. The molecule has 0 unspecified atom stereocenters. The van der Waals surface area contributed by atoms with E-state index in [0.717, 1.165) is 0 Å². The van der Waals surface area contributed by atoms with Crippen LogP contribution in [0.5, 0.6) is 5.75 Å². The molecule has 10 heteroatoms. The van der Waals surface area contributed by atoms with Gasteiger partial charge in [0.1, 0.15) is 41.0 Å². The largest absolute Gasteiger partial charge is 0.462 e. The quantitative estimate of drug-likeness (QED) is 0.478. The van der Waals surface area contributed by atoms with Crippen molar-refractivity contribution < 1.29 is 33.6 Å². The zero-order valence-electron chi connectivity index (χ0n) is 19.1. The zero-order chi connectivity index (χ0) is 24.6. The van der Waals surface area contributed by atoms with Crippen molar-refractivity contribution in [3.05, 3.63) is 64.3 Å². The second-order valence-electron chi connectivity index (χ2n) is 8.57. The van der Waals surface area contributed by atoms with Gasteiger partial charge in [-0.2, -0.15) is 0 Å². The van der Waals surface area contributed by atoms with Gasteiger partial charge in [-0.1, -0.05) is 6.07 Å². The molecule has 0 saturated carbocycles. The highest BCUT2D eigenvalue weighted by Crippen LogP contribution is 2.35. The van der Waals surface area contributed by atoms with Gasteiger partial charge in [-0.15, -0.1) is 0 Å². The van der Waals surface area contributed by atoms with Crippen molar-refractivity contribution in [2.75, 3.05) is 12.4 Å². The molecular formula is C24H26N2O8. The van der Waals surface area contributed by atoms with Crippen molar-refractivity contribution >= 4 is 22.6 Å². The van der Waals surface area contributed by atoms with Crippen molar-refractivity contribution in [1.29, 1.82) is 0 Å². The Balaban J connectivity index is 1.60. The number of nitrogens with one attached hydrogen (secondary N) is 1. The molecule has 3 N–H and O–H groups in total. The number of fused-ring (bicyclic) bond motifs is 1. The minimum Gasteiger partial charge on any atom is -0.462 e. The minimum atomic E-state index is -1.37. The molecule has 2 aromatic heterocycles. The number of aryl methyl sites for hydroxylation is 1. The average molecular weight is 470 g/mol. The Bertz CT molecular complexity index is 1260. The Morgan fingerprint density at radius 2 is 1.94 bits per heavy atom. The van der Waals surface area contributed by atoms with Crippen LogP contribution in [0, 0.1) is 6.92 Å². The highest BCUT2D eigenvalue weighted by molar-refractivity contribution is 6.03. The van der Waals surface area contributed by atoms with E-state index in [1.54, 1.807) is 45.0 Å². The normalized spacial score (nSPS) is 24.1. The lowest BCUT2D eigenvalue weighted by Crippen LogP contribution is -2.63. The van der Waals surface area contributed by atoms with E-state index in [9.17, 15) is 19.8 Å². The summed E-state index contributed by atoms with van der Waals surface area (Å²) in [6, 6.07) is 9.64. The molecule has 4 rings (SSSR count). The van der Waals surface area contributed by atoms with E-state index in [0.29, 0.717) is 16.7 Å². The lowest BCUT2D eigenvalue weighted by molar-refractivity contribution is -0.306. The molecule has 0 aliphatic carbocycles. The first-order chi connectivity index (χ1) is 16.1. The average Bonchev–Trinajstić information content (AvgIpc) is 2.80. The number of benzene rings is 1. The van der Waals surface area contributed by atoms with Crippen LogP contribution in [0.2, 0.25) is 0 Å². The number of nitrogens with zero attached hydrogens (tertiary/aromatic N) is 1. The van der Waals surface area contributed by atoms with Gasteiger partial charge in [-0.05, 0) is 51.1 Å². The molecule has 3 aromatic rings. The number of amides is 1. The summed E-state index contributed by atoms with van der Waals surface area (Å²) in [4.78, 5) is 28.9. The monoisotopic (exact) mass is 470 g/mol. The first kappa shape index (κ1) is 23.8. The van der Waals surface area contributed by atoms with Gasteiger partial charge in [-0.25, -0.2) is 4.79 Å². The number of anilines is 1. The molecule has 1 amide bonds. The number of aromatic nitrogens is 1. The lowest BCUT2D eigenvalue weighted by Gasteiger charge is -2.46. The molecule has 10 nitrogen and oxygen atoms in total. The van der Waals surface area contributed by atoms with Gasteiger partial charge in [0.2, 0.25) is 6.29 Å². The number of carbonyl (C=O) groups is 1. The molecule has 3 heterocycles. The minimum absolute atomic E-state index is 0.0299. The zero-order valence-corrected chi connectivity index (χ0v) is 19.1. The Morgan fingerprint density at radius 3 is 2.62 bits per heavy atom. The Hall–Kier alpha value is -3.31. The maximum Gasteiger partial charge on any atom is 0.360 e. The Morgan fingerprint density at radius 1 is 1.18 bits per heavy atom. The van der Waals surface area contributed by atoms with Crippen LogP contribution in [0.1, 0.15) is 29.9 Å². The molecule has 1 aliphatic rings. The standard InChI is InChI=1S/C24H26N2O8/c1-12-16(32-23-18(28)17(27)20(31-4)24(2,3)34-23)9-8-13-11-15(22(30)33-19(12)13)26-21(29)14-7-5-6-10-25-14/h5-11,17-18,20,23,27-28H,1-4H3,(H,26,29)/t17-,18-,20+,23+/m0/s1. The van der Waals surface area contributed by atoms with E-state index >= 15 is 0 Å². The summed E-state index contributed by atoms with van der Waals surface area (Å²) < 4.78 is 22.5. The molecule has 4 atom stereocenters. The molecule has 1 aromatic carbocycles. The predicted octanol–water partition coefficient (Wildman–Crippen LogP) is 2.00. The van der Waals surface area contributed by atoms with E-state index in [1.165, 1.54) is 25.4 Å². The van der Waals surface area contributed by atoms with Gasteiger partial charge in [0.25, 0.3) is 5.91 Å². The van der Waals surface area contributed by atoms with Gasteiger partial charge < -0.3 is 34.2 Å². The first-order valence-corrected chi connectivity index (χ1v) is 10.7. The Labute approximate surface area is 195 Å². The molecule has 0 radical (unpaired) electrons. The summed E-state index contributed by atoms with van der Waals surface area (Å²) >= 11 is 0. The van der Waals surface area contributed by atoms with Crippen LogP contribution in [-0.2, 0) is 9.47 Å². The van der Waals surface area contributed by atoms with Gasteiger partial charge in [-0.3, -0.25) is 9.78 Å². The van der Waals surface area contributed by atoms with Crippen LogP contribution in [0.4, 0.5) is 5.69 Å². The smallest absolute Gasteiger partial charge is 0.360 e. The number of methoxy groups -OCH3 is 1. The number of hydrogen-bond donors (Lipinski definition) is 3. The summed E-state index contributed by atoms with van der Waals surface area (Å²) in [6.45, 7) is 5.13. The molecule has 34 heavy (non-hydrogen) atoms. The number of ether oxygens (including phenoxy) is 3. The van der Waals surface area contributed by atoms with Crippen molar-refractivity contribution in [2.45, 2.75) is 51.0 Å². The van der Waals surface area contributed by atoms with Crippen LogP contribution in [0.15, 0.2) is 51.8 Å². The molecule has 180 valence electrons. The van der Waals surface area contributed by atoms with Gasteiger partial charge in [0.05, 0.1) is 5.60 Å². The topological polar surface area (TPSA) is 140 Å². The maximum atomic E-state index is 12.5. The number of rotatable bonds is 5.